The Morgan fingerprint density at radius 1 is 1.38 bits per heavy atom. The maximum Gasteiger partial charge on any atom is 0.0666 e. The zero-order valence-corrected chi connectivity index (χ0v) is 11.5. The van der Waals surface area contributed by atoms with Crippen LogP contribution in [0.4, 0.5) is 0 Å². The van der Waals surface area contributed by atoms with Gasteiger partial charge < -0.3 is 0 Å². The molecule has 0 radical (unpaired) electrons. The van der Waals surface area contributed by atoms with Crippen molar-refractivity contribution in [2.75, 3.05) is 5.75 Å². The third-order valence-corrected chi connectivity index (χ3v) is 3.51. The molecular weight excluding hydrogens is 214 g/mol. The highest BCUT2D eigenvalue weighted by molar-refractivity contribution is 8.02. The second-order valence-electron chi connectivity index (χ2n) is 5.08. The number of thioether (sulfide) groups is 1. The summed E-state index contributed by atoms with van der Waals surface area (Å²) in [5.74, 6) is 1.14. The zero-order chi connectivity index (χ0) is 12.0. The standard InChI is InChI=1S/C14H21NS/c1-5-12-7-6-9-15-13(12)8-10-16-11-14(2,3)4/h6-10H,5,11H2,1-4H3/b10-8+. The second kappa shape index (κ2) is 6.09. The Labute approximate surface area is 103 Å². The van der Waals surface area contributed by atoms with Crippen molar-refractivity contribution >= 4 is 17.8 Å². The van der Waals surface area contributed by atoms with Crippen LogP contribution in [0.2, 0.25) is 0 Å². The van der Waals surface area contributed by atoms with Gasteiger partial charge in [-0.1, -0.05) is 33.8 Å². The Kier molecular flexibility index (Phi) is 5.07. The van der Waals surface area contributed by atoms with E-state index in [0.29, 0.717) is 5.41 Å². The predicted molar refractivity (Wildman–Crippen MR) is 74.6 cm³/mol. The highest BCUT2D eigenvalue weighted by Gasteiger charge is 2.08. The molecule has 1 rings (SSSR count). The minimum Gasteiger partial charge on any atom is -0.257 e. The number of hydrogen-bond acceptors (Lipinski definition) is 2. The Hall–Kier alpha value is -0.760. The molecule has 1 aromatic rings. The molecule has 0 spiro atoms. The van der Waals surface area contributed by atoms with Gasteiger partial charge >= 0.3 is 0 Å². The zero-order valence-electron chi connectivity index (χ0n) is 10.7. The van der Waals surface area contributed by atoms with E-state index in [-0.39, 0.29) is 0 Å². The van der Waals surface area contributed by atoms with E-state index in [1.165, 1.54) is 5.56 Å². The molecule has 0 amide bonds. The number of pyridine rings is 1. The number of rotatable bonds is 4. The van der Waals surface area contributed by atoms with Crippen molar-refractivity contribution in [2.45, 2.75) is 34.1 Å². The van der Waals surface area contributed by atoms with Crippen LogP contribution in [0.3, 0.4) is 0 Å². The molecule has 0 saturated carbocycles. The number of aromatic nitrogens is 1. The van der Waals surface area contributed by atoms with Crippen LogP contribution in [0.1, 0.15) is 39.0 Å². The lowest BCUT2D eigenvalue weighted by molar-refractivity contribution is 0.481. The fourth-order valence-electron chi connectivity index (χ4n) is 1.31. The smallest absolute Gasteiger partial charge is 0.0666 e. The highest BCUT2D eigenvalue weighted by Crippen LogP contribution is 2.21. The molecule has 0 aliphatic heterocycles. The molecule has 1 aromatic heterocycles. The summed E-state index contributed by atoms with van der Waals surface area (Å²) < 4.78 is 0. The first-order chi connectivity index (χ1) is 7.53. The molecule has 88 valence electrons. The van der Waals surface area contributed by atoms with Crippen molar-refractivity contribution in [3.63, 3.8) is 0 Å². The summed E-state index contributed by atoms with van der Waals surface area (Å²) in [6.45, 7) is 8.93. The van der Waals surface area contributed by atoms with Gasteiger partial charge in [0.15, 0.2) is 0 Å². The SMILES string of the molecule is CCc1cccnc1/C=C/SCC(C)(C)C. The van der Waals surface area contributed by atoms with Crippen LogP contribution in [0.15, 0.2) is 23.7 Å². The van der Waals surface area contributed by atoms with Crippen molar-refractivity contribution in [3.8, 4) is 0 Å². The lowest BCUT2D eigenvalue weighted by atomic mass is 10.0. The summed E-state index contributed by atoms with van der Waals surface area (Å²) in [7, 11) is 0. The van der Waals surface area contributed by atoms with Crippen LogP contribution in [0, 0.1) is 5.41 Å². The monoisotopic (exact) mass is 235 g/mol. The third kappa shape index (κ3) is 4.84. The van der Waals surface area contributed by atoms with Gasteiger partial charge in [0.1, 0.15) is 0 Å². The average molecular weight is 235 g/mol. The van der Waals surface area contributed by atoms with E-state index in [2.05, 4.69) is 50.2 Å². The molecule has 0 saturated heterocycles. The van der Waals surface area contributed by atoms with E-state index in [1.54, 1.807) is 0 Å². The Morgan fingerprint density at radius 2 is 2.12 bits per heavy atom. The first kappa shape index (κ1) is 13.3. The minimum atomic E-state index is 0.382. The average Bonchev–Trinajstić information content (AvgIpc) is 2.23. The van der Waals surface area contributed by atoms with Gasteiger partial charge in [-0.3, -0.25) is 4.98 Å². The second-order valence-corrected chi connectivity index (χ2v) is 5.97. The molecule has 0 aromatic carbocycles. The quantitative estimate of drug-likeness (QED) is 0.767. The topological polar surface area (TPSA) is 12.9 Å². The summed E-state index contributed by atoms with van der Waals surface area (Å²) in [5.41, 5.74) is 2.80. The Morgan fingerprint density at radius 3 is 2.75 bits per heavy atom. The van der Waals surface area contributed by atoms with Crippen LogP contribution >= 0.6 is 11.8 Å². The number of aryl methyl sites for hydroxylation is 1. The van der Waals surface area contributed by atoms with E-state index in [4.69, 9.17) is 0 Å². The van der Waals surface area contributed by atoms with Crippen LogP contribution in [-0.4, -0.2) is 10.7 Å². The summed E-state index contributed by atoms with van der Waals surface area (Å²) >= 11 is 1.85. The van der Waals surface area contributed by atoms with Crippen LogP contribution in [0.25, 0.3) is 6.08 Å². The molecule has 2 heteroatoms. The molecule has 1 heterocycles. The summed E-state index contributed by atoms with van der Waals surface area (Å²) in [5, 5.41) is 2.16. The van der Waals surface area contributed by atoms with Gasteiger partial charge in [0, 0.05) is 11.9 Å². The van der Waals surface area contributed by atoms with Gasteiger partial charge in [0.2, 0.25) is 0 Å². The van der Waals surface area contributed by atoms with Gasteiger partial charge in [-0.25, -0.2) is 0 Å². The Bertz CT molecular complexity index is 350. The molecule has 0 N–H and O–H groups in total. The van der Waals surface area contributed by atoms with E-state index < -0.39 is 0 Å². The number of nitrogens with zero attached hydrogens (tertiary/aromatic N) is 1. The van der Waals surface area contributed by atoms with E-state index in [9.17, 15) is 0 Å². The lowest BCUT2D eigenvalue weighted by Gasteiger charge is -2.15. The summed E-state index contributed by atoms with van der Waals surface area (Å²) in [6, 6.07) is 4.14. The van der Waals surface area contributed by atoms with Crippen molar-refractivity contribution in [1.82, 2.24) is 4.98 Å². The maximum atomic E-state index is 4.38. The first-order valence-corrected chi connectivity index (χ1v) is 6.80. The fourth-order valence-corrected chi connectivity index (χ4v) is 2.13. The van der Waals surface area contributed by atoms with Gasteiger partial charge in [-0.05, 0) is 34.9 Å². The van der Waals surface area contributed by atoms with E-state index in [1.807, 2.05) is 24.0 Å². The maximum absolute atomic E-state index is 4.38. The molecule has 1 nitrogen and oxygen atoms in total. The molecule has 0 fully saturated rings. The molecule has 0 aliphatic carbocycles. The molecule has 0 unspecified atom stereocenters. The van der Waals surface area contributed by atoms with Crippen LogP contribution in [0.5, 0.6) is 0 Å². The van der Waals surface area contributed by atoms with Gasteiger partial charge in [0.25, 0.3) is 0 Å². The van der Waals surface area contributed by atoms with E-state index in [0.717, 1.165) is 17.9 Å². The molecule has 0 atom stereocenters. The minimum absolute atomic E-state index is 0.382. The number of hydrogen-bond donors (Lipinski definition) is 0. The van der Waals surface area contributed by atoms with Gasteiger partial charge in [0.05, 0.1) is 5.69 Å². The van der Waals surface area contributed by atoms with Crippen molar-refractivity contribution in [1.29, 1.82) is 0 Å². The van der Waals surface area contributed by atoms with Crippen LogP contribution < -0.4 is 0 Å². The fraction of sp³-hybridized carbons (Fsp3) is 0.500. The van der Waals surface area contributed by atoms with E-state index >= 15 is 0 Å². The van der Waals surface area contributed by atoms with Gasteiger partial charge in [-0.15, -0.1) is 11.8 Å². The molecule has 0 aliphatic rings. The largest absolute Gasteiger partial charge is 0.257 e. The Balaban J connectivity index is 2.56. The molecule has 0 bridgehead atoms. The highest BCUT2D eigenvalue weighted by atomic mass is 32.2. The summed E-state index contributed by atoms with van der Waals surface area (Å²) in [6.07, 6.45) is 5.01. The predicted octanol–water partition coefficient (Wildman–Crippen LogP) is 4.39. The van der Waals surface area contributed by atoms with Crippen molar-refractivity contribution < 1.29 is 0 Å². The van der Waals surface area contributed by atoms with Gasteiger partial charge in [-0.2, -0.15) is 0 Å². The van der Waals surface area contributed by atoms with Crippen molar-refractivity contribution in [2.24, 2.45) is 5.41 Å². The van der Waals surface area contributed by atoms with Crippen LogP contribution in [-0.2, 0) is 6.42 Å². The molecular formula is C14H21NS. The third-order valence-electron chi connectivity index (χ3n) is 2.15. The first-order valence-electron chi connectivity index (χ1n) is 5.75. The van der Waals surface area contributed by atoms with Crippen molar-refractivity contribution in [3.05, 3.63) is 35.0 Å². The molecule has 16 heavy (non-hydrogen) atoms. The lowest BCUT2D eigenvalue weighted by Crippen LogP contribution is -2.07. The summed E-state index contributed by atoms with van der Waals surface area (Å²) in [4.78, 5) is 4.38. The normalized spacial score (nSPS) is 12.2.